The Labute approximate surface area is 114 Å². The molecular formula is C17H29N. The fourth-order valence-electron chi connectivity index (χ4n) is 1.29. The van der Waals surface area contributed by atoms with Crippen molar-refractivity contribution in [1.29, 1.82) is 0 Å². The van der Waals surface area contributed by atoms with Gasteiger partial charge in [-0.1, -0.05) is 70.2 Å². The summed E-state index contributed by atoms with van der Waals surface area (Å²) in [6, 6.07) is 10.4. The maximum absolute atomic E-state index is 3.79. The number of hydrogen-bond donors (Lipinski definition) is 0. The third-order valence-corrected chi connectivity index (χ3v) is 1.87. The van der Waals surface area contributed by atoms with Gasteiger partial charge in [0.15, 0.2) is 0 Å². The van der Waals surface area contributed by atoms with Crippen LogP contribution >= 0.6 is 0 Å². The zero-order chi connectivity index (χ0) is 14.4. The van der Waals surface area contributed by atoms with Gasteiger partial charge < -0.3 is 4.90 Å². The molecule has 0 amide bonds. The third-order valence-electron chi connectivity index (χ3n) is 1.87. The fourth-order valence-corrected chi connectivity index (χ4v) is 1.29. The van der Waals surface area contributed by atoms with Crippen molar-refractivity contribution in [2.75, 3.05) is 0 Å². The van der Waals surface area contributed by atoms with Gasteiger partial charge in [0, 0.05) is 12.7 Å². The highest BCUT2D eigenvalue weighted by Gasteiger charge is 1.95. The van der Waals surface area contributed by atoms with E-state index in [1.54, 1.807) is 0 Å². The van der Waals surface area contributed by atoms with E-state index in [1.165, 1.54) is 11.1 Å². The van der Waals surface area contributed by atoms with Crippen molar-refractivity contribution >= 4 is 0 Å². The highest BCUT2D eigenvalue weighted by Crippen LogP contribution is 2.06. The van der Waals surface area contributed by atoms with Crippen molar-refractivity contribution < 1.29 is 0 Å². The number of allylic oxidation sites excluding steroid dienone is 1. The lowest BCUT2D eigenvalue weighted by Crippen LogP contribution is -2.08. The summed E-state index contributed by atoms with van der Waals surface area (Å²) in [6.45, 7) is 16.8. The molecule has 0 saturated carbocycles. The lowest BCUT2D eigenvalue weighted by Gasteiger charge is -2.15. The van der Waals surface area contributed by atoms with Crippen LogP contribution in [0.2, 0.25) is 0 Å². The molecule has 1 rings (SSSR count). The zero-order valence-corrected chi connectivity index (χ0v) is 12.9. The van der Waals surface area contributed by atoms with E-state index >= 15 is 0 Å². The van der Waals surface area contributed by atoms with Crippen LogP contribution in [0.25, 0.3) is 0 Å². The molecule has 0 bridgehead atoms. The van der Waals surface area contributed by atoms with Gasteiger partial charge in [-0.3, -0.25) is 0 Å². The minimum atomic E-state index is 0.884. The standard InChI is InChI=1S/C13H17N.2C2H6/c1-4-14(10-12(2)3)11-13-8-6-5-7-9-13;2*1-2/h4-10H,1,11H2,2-3H3;2*1-2H3. The summed E-state index contributed by atoms with van der Waals surface area (Å²) in [5.41, 5.74) is 2.57. The van der Waals surface area contributed by atoms with Gasteiger partial charge in [-0.15, -0.1) is 0 Å². The minimum absolute atomic E-state index is 0.884. The molecule has 102 valence electrons. The van der Waals surface area contributed by atoms with Gasteiger partial charge in [0.1, 0.15) is 0 Å². The molecular weight excluding hydrogens is 218 g/mol. The van der Waals surface area contributed by atoms with Crippen molar-refractivity contribution in [1.82, 2.24) is 4.90 Å². The molecule has 0 N–H and O–H groups in total. The topological polar surface area (TPSA) is 3.24 Å². The van der Waals surface area contributed by atoms with Gasteiger partial charge in [-0.25, -0.2) is 0 Å². The lowest BCUT2D eigenvalue weighted by atomic mass is 10.2. The van der Waals surface area contributed by atoms with Gasteiger partial charge in [0.25, 0.3) is 0 Å². The van der Waals surface area contributed by atoms with Gasteiger partial charge in [0.05, 0.1) is 0 Å². The normalized spacial score (nSPS) is 7.89. The van der Waals surface area contributed by atoms with Crippen LogP contribution in [-0.4, -0.2) is 4.90 Å². The number of hydrogen-bond acceptors (Lipinski definition) is 1. The summed E-state index contributed by atoms with van der Waals surface area (Å²) < 4.78 is 0. The summed E-state index contributed by atoms with van der Waals surface area (Å²) in [5, 5.41) is 0. The Balaban J connectivity index is 0. The zero-order valence-electron chi connectivity index (χ0n) is 12.9. The number of nitrogens with zero attached hydrogens (tertiary/aromatic N) is 1. The summed E-state index contributed by atoms with van der Waals surface area (Å²) in [5.74, 6) is 0. The molecule has 18 heavy (non-hydrogen) atoms. The first-order valence-corrected chi connectivity index (χ1v) is 6.79. The van der Waals surface area contributed by atoms with Crippen molar-refractivity contribution in [3.8, 4) is 0 Å². The monoisotopic (exact) mass is 247 g/mol. The van der Waals surface area contributed by atoms with Gasteiger partial charge in [-0.2, -0.15) is 0 Å². The molecule has 0 saturated heterocycles. The van der Waals surface area contributed by atoms with Crippen LogP contribution in [-0.2, 0) is 6.54 Å². The molecule has 0 spiro atoms. The maximum atomic E-state index is 3.79. The predicted octanol–water partition coefficient (Wildman–Crippen LogP) is 5.61. The Morgan fingerprint density at radius 1 is 1.06 bits per heavy atom. The van der Waals surface area contributed by atoms with Crippen molar-refractivity contribution in [3.63, 3.8) is 0 Å². The van der Waals surface area contributed by atoms with Gasteiger partial charge in [0.2, 0.25) is 0 Å². The molecule has 1 heteroatoms. The van der Waals surface area contributed by atoms with E-state index in [4.69, 9.17) is 0 Å². The average Bonchev–Trinajstić information content (AvgIpc) is 2.43. The summed E-state index contributed by atoms with van der Waals surface area (Å²) in [7, 11) is 0. The predicted molar refractivity (Wildman–Crippen MR) is 84.3 cm³/mol. The quantitative estimate of drug-likeness (QED) is 0.668. The first-order valence-electron chi connectivity index (χ1n) is 6.79. The second kappa shape index (κ2) is 13.6. The highest BCUT2D eigenvalue weighted by atomic mass is 15.1. The molecule has 0 unspecified atom stereocenters. The summed E-state index contributed by atoms with van der Waals surface area (Å²) in [4.78, 5) is 2.09. The van der Waals surface area contributed by atoms with Crippen LogP contribution in [0.15, 0.2) is 54.9 Å². The molecule has 0 aliphatic heterocycles. The highest BCUT2D eigenvalue weighted by molar-refractivity contribution is 5.15. The Morgan fingerprint density at radius 3 is 1.94 bits per heavy atom. The summed E-state index contributed by atoms with van der Waals surface area (Å²) in [6.07, 6.45) is 3.94. The summed E-state index contributed by atoms with van der Waals surface area (Å²) >= 11 is 0. The first kappa shape index (κ1) is 18.9. The van der Waals surface area contributed by atoms with E-state index in [2.05, 4.69) is 55.8 Å². The Hall–Kier alpha value is -1.50. The van der Waals surface area contributed by atoms with Crippen molar-refractivity contribution in [2.24, 2.45) is 0 Å². The third kappa shape index (κ3) is 9.71. The fraction of sp³-hybridized carbons (Fsp3) is 0.412. The van der Waals surface area contributed by atoms with E-state index in [-0.39, 0.29) is 0 Å². The van der Waals surface area contributed by atoms with Crippen molar-refractivity contribution in [3.05, 3.63) is 60.4 Å². The van der Waals surface area contributed by atoms with E-state index in [9.17, 15) is 0 Å². The van der Waals surface area contributed by atoms with Crippen LogP contribution in [0, 0.1) is 0 Å². The van der Waals surface area contributed by atoms with Crippen LogP contribution in [0.3, 0.4) is 0 Å². The molecule has 0 radical (unpaired) electrons. The van der Waals surface area contributed by atoms with E-state index in [0.29, 0.717) is 0 Å². The molecule has 0 fully saturated rings. The molecule has 0 heterocycles. The molecule has 1 aromatic carbocycles. The van der Waals surface area contributed by atoms with Gasteiger partial charge in [-0.05, 0) is 25.6 Å². The second-order valence-corrected chi connectivity index (χ2v) is 3.55. The Morgan fingerprint density at radius 2 is 1.56 bits per heavy atom. The molecule has 1 nitrogen and oxygen atoms in total. The van der Waals surface area contributed by atoms with Crippen LogP contribution in [0.1, 0.15) is 47.1 Å². The van der Waals surface area contributed by atoms with E-state index in [0.717, 1.165) is 6.54 Å². The molecule has 0 aromatic heterocycles. The van der Waals surface area contributed by atoms with Gasteiger partial charge >= 0.3 is 0 Å². The second-order valence-electron chi connectivity index (χ2n) is 3.55. The maximum Gasteiger partial charge on any atom is 0.0469 e. The van der Waals surface area contributed by atoms with E-state index < -0.39 is 0 Å². The van der Waals surface area contributed by atoms with E-state index in [1.807, 2.05) is 40.0 Å². The molecule has 0 aliphatic carbocycles. The van der Waals surface area contributed by atoms with Crippen molar-refractivity contribution in [2.45, 2.75) is 48.1 Å². The number of benzene rings is 1. The van der Waals surface area contributed by atoms with Crippen LogP contribution in [0.4, 0.5) is 0 Å². The average molecular weight is 247 g/mol. The Bertz CT molecular complexity index is 308. The Kier molecular flexibility index (Phi) is 14.2. The SMILES string of the molecule is C=CN(C=C(C)C)Cc1ccccc1.CC.CC. The molecule has 1 aromatic rings. The smallest absolute Gasteiger partial charge is 0.0469 e. The largest absolute Gasteiger partial charge is 0.351 e. The molecule has 0 atom stereocenters. The lowest BCUT2D eigenvalue weighted by molar-refractivity contribution is 0.498. The molecule has 0 aliphatic rings. The minimum Gasteiger partial charge on any atom is -0.351 e. The van der Waals surface area contributed by atoms with Crippen LogP contribution in [0.5, 0.6) is 0 Å². The number of rotatable bonds is 4. The van der Waals surface area contributed by atoms with Crippen LogP contribution < -0.4 is 0 Å². The first-order chi connectivity index (χ1) is 8.72.